The number of aliphatic carboxylic acids is 1. The minimum atomic E-state index is -0.766. The van der Waals surface area contributed by atoms with E-state index in [9.17, 15) is 19.8 Å². The lowest BCUT2D eigenvalue weighted by molar-refractivity contribution is -0.137. The molecule has 1 aliphatic carbocycles. The van der Waals surface area contributed by atoms with E-state index in [-0.39, 0.29) is 30.5 Å². The van der Waals surface area contributed by atoms with Gasteiger partial charge in [-0.1, -0.05) is 37.5 Å². The highest BCUT2D eigenvalue weighted by molar-refractivity contribution is 7.99. The van der Waals surface area contributed by atoms with Gasteiger partial charge in [0.25, 0.3) is 0 Å². The largest absolute Gasteiger partial charge is 0.481 e. The van der Waals surface area contributed by atoms with Gasteiger partial charge < -0.3 is 15.3 Å². The minimum Gasteiger partial charge on any atom is -0.481 e. The van der Waals surface area contributed by atoms with Crippen LogP contribution in [-0.4, -0.2) is 45.0 Å². The van der Waals surface area contributed by atoms with E-state index in [2.05, 4.69) is 0 Å². The molecule has 5 nitrogen and oxygen atoms in total. The molecule has 4 atom stereocenters. The number of Topliss-reactive ketones (excluding diaryl/α,β-unsaturated/α-hetero) is 1. The number of carbonyl (C=O) groups is 2. The monoisotopic (exact) mass is 408 g/mol. The van der Waals surface area contributed by atoms with Crippen LogP contribution in [0.2, 0.25) is 0 Å². The fraction of sp³-hybridized carbons (Fsp3) is 0.636. The molecule has 156 valence electrons. The third kappa shape index (κ3) is 7.94. The molecule has 0 spiro atoms. The molecule has 6 heteroatoms. The summed E-state index contributed by atoms with van der Waals surface area (Å²) in [5.41, 5.74) is 0. The summed E-state index contributed by atoms with van der Waals surface area (Å²) < 4.78 is 0. The summed E-state index contributed by atoms with van der Waals surface area (Å²) in [7, 11) is 0. The first-order valence-corrected chi connectivity index (χ1v) is 11.2. The standard InChI is InChI=1S/C22H32O5S/c23-16(15-28-17-8-4-3-5-9-17)12-13-19-18(20(24)14-21(19)25)10-6-1-2-7-11-22(26)27/h3-5,8-9,16,18-19,21,23,25H,1-2,6-7,10-15H2,(H,26,27)/t16?,18?,19-,21-/m1/s1. The number of carboxylic acids is 1. The van der Waals surface area contributed by atoms with Crippen molar-refractivity contribution in [1.29, 1.82) is 0 Å². The number of carbonyl (C=O) groups excluding carboxylic acids is 1. The van der Waals surface area contributed by atoms with Crippen LogP contribution in [0, 0.1) is 11.8 Å². The van der Waals surface area contributed by atoms with Crippen LogP contribution in [0.1, 0.15) is 57.8 Å². The van der Waals surface area contributed by atoms with Gasteiger partial charge in [-0.3, -0.25) is 9.59 Å². The molecule has 2 unspecified atom stereocenters. The number of rotatable bonds is 13. The number of aliphatic hydroxyl groups is 2. The van der Waals surface area contributed by atoms with Crippen molar-refractivity contribution in [3.63, 3.8) is 0 Å². The highest BCUT2D eigenvalue weighted by Gasteiger charge is 2.40. The lowest BCUT2D eigenvalue weighted by Gasteiger charge is -2.22. The quantitative estimate of drug-likeness (QED) is 0.338. The Hall–Kier alpha value is -1.37. The Labute approximate surface area is 171 Å². The number of unbranched alkanes of at least 4 members (excludes halogenated alkanes) is 3. The van der Waals surface area contributed by atoms with Gasteiger partial charge in [0.15, 0.2) is 0 Å². The topological polar surface area (TPSA) is 94.8 Å². The number of carboxylic acid groups (broad SMARTS) is 1. The number of hydrogen-bond acceptors (Lipinski definition) is 5. The smallest absolute Gasteiger partial charge is 0.303 e. The van der Waals surface area contributed by atoms with E-state index in [0.717, 1.165) is 30.6 Å². The normalized spacial score (nSPS) is 23.1. The second kappa shape index (κ2) is 12.2. The van der Waals surface area contributed by atoms with E-state index in [4.69, 9.17) is 5.11 Å². The maximum absolute atomic E-state index is 12.3. The van der Waals surface area contributed by atoms with Crippen LogP contribution in [-0.2, 0) is 9.59 Å². The molecule has 0 aliphatic heterocycles. The van der Waals surface area contributed by atoms with Crippen molar-refractivity contribution in [1.82, 2.24) is 0 Å². The SMILES string of the molecule is O=C(O)CCCCCCC1C(=O)C[C@@H](O)[C@@H]1CCC(O)CSc1ccccc1. The van der Waals surface area contributed by atoms with Gasteiger partial charge in [0.05, 0.1) is 12.2 Å². The van der Waals surface area contributed by atoms with Crippen LogP contribution >= 0.6 is 11.8 Å². The first kappa shape index (κ1) is 22.9. The van der Waals surface area contributed by atoms with Crippen molar-refractivity contribution >= 4 is 23.5 Å². The molecule has 3 N–H and O–H groups in total. The molecule has 1 saturated carbocycles. The van der Waals surface area contributed by atoms with E-state index < -0.39 is 18.2 Å². The molecule has 0 saturated heterocycles. The molecule has 1 aliphatic rings. The highest BCUT2D eigenvalue weighted by Crippen LogP contribution is 2.36. The maximum Gasteiger partial charge on any atom is 0.303 e. The van der Waals surface area contributed by atoms with Gasteiger partial charge >= 0.3 is 5.97 Å². The van der Waals surface area contributed by atoms with E-state index in [1.54, 1.807) is 11.8 Å². The van der Waals surface area contributed by atoms with Crippen molar-refractivity contribution in [2.75, 3.05) is 5.75 Å². The molecule has 1 aromatic rings. The van der Waals surface area contributed by atoms with E-state index in [0.29, 0.717) is 25.0 Å². The minimum absolute atomic E-state index is 0.0668. The Morgan fingerprint density at radius 1 is 1.11 bits per heavy atom. The average molecular weight is 409 g/mol. The van der Waals surface area contributed by atoms with E-state index >= 15 is 0 Å². The molecular weight excluding hydrogens is 376 g/mol. The van der Waals surface area contributed by atoms with Crippen molar-refractivity contribution < 1.29 is 24.9 Å². The molecule has 0 bridgehead atoms. The summed E-state index contributed by atoms with van der Waals surface area (Å²) in [6, 6.07) is 9.95. The second-order valence-corrected chi connectivity index (χ2v) is 8.80. The molecule has 1 fully saturated rings. The molecule has 0 amide bonds. The highest BCUT2D eigenvalue weighted by atomic mass is 32.2. The van der Waals surface area contributed by atoms with Gasteiger partial charge in [-0.05, 0) is 43.7 Å². The Balaban J connectivity index is 1.70. The zero-order valence-electron chi connectivity index (χ0n) is 16.3. The van der Waals surface area contributed by atoms with Crippen LogP contribution in [0.5, 0.6) is 0 Å². The molecular formula is C22H32O5S. The average Bonchev–Trinajstić information content (AvgIpc) is 2.94. The summed E-state index contributed by atoms with van der Waals surface area (Å²) in [6.45, 7) is 0. The predicted octanol–water partition coefficient (Wildman–Crippen LogP) is 3.91. The van der Waals surface area contributed by atoms with Crippen molar-refractivity contribution in [2.45, 2.75) is 74.9 Å². The molecule has 0 aromatic heterocycles. The molecule has 0 heterocycles. The number of thioether (sulfide) groups is 1. The third-order valence-corrected chi connectivity index (χ3v) is 6.67. The van der Waals surface area contributed by atoms with E-state index in [1.165, 1.54) is 0 Å². The third-order valence-electron chi connectivity index (χ3n) is 5.51. The van der Waals surface area contributed by atoms with Crippen molar-refractivity contribution in [3.05, 3.63) is 30.3 Å². The van der Waals surface area contributed by atoms with E-state index in [1.807, 2.05) is 30.3 Å². The van der Waals surface area contributed by atoms with Gasteiger partial charge in [-0.25, -0.2) is 0 Å². The zero-order valence-corrected chi connectivity index (χ0v) is 17.2. The van der Waals surface area contributed by atoms with Gasteiger partial charge in [0.1, 0.15) is 5.78 Å². The molecule has 1 aromatic carbocycles. The van der Waals surface area contributed by atoms with Crippen molar-refractivity contribution in [3.8, 4) is 0 Å². The summed E-state index contributed by atoms with van der Waals surface area (Å²) in [6.07, 6.45) is 4.69. The summed E-state index contributed by atoms with van der Waals surface area (Å²) >= 11 is 1.62. The number of hydrogen-bond donors (Lipinski definition) is 3. The fourth-order valence-electron chi connectivity index (χ4n) is 3.96. The lowest BCUT2D eigenvalue weighted by atomic mass is 9.85. The maximum atomic E-state index is 12.3. The fourth-order valence-corrected chi connectivity index (χ4v) is 4.86. The van der Waals surface area contributed by atoms with Gasteiger partial charge in [-0.2, -0.15) is 0 Å². The van der Waals surface area contributed by atoms with Crippen LogP contribution in [0.15, 0.2) is 35.2 Å². The lowest BCUT2D eigenvalue weighted by Crippen LogP contribution is -2.23. The van der Waals surface area contributed by atoms with Gasteiger partial charge in [0.2, 0.25) is 0 Å². The van der Waals surface area contributed by atoms with Crippen LogP contribution in [0.25, 0.3) is 0 Å². The summed E-state index contributed by atoms with van der Waals surface area (Å²) in [4.78, 5) is 23.9. The van der Waals surface area contributed by atoms with Crippen LogP contribution < -0.4 is 0 Å². The number of aliphatic hydroxyl groups excluding tert-OH is 2. The Bertz CT molecular complexity index is 606. The first-order valence-electron chi connectivity index (χ1n) is 10.3. The second-order valence-electron chi connectivity index (χ2n) is 7.71. The Morgan fingerprint density at radius 3 is 2.54 bits per heavy atom. The van der Waals surface area contributed by atoms with Gasteiger partial charge in [-0.15, -0.1) is 11.8 Å². The molecule has 0 radical (unpaired) electrons. The van der Waals surface area contributed by atoms with Crippen LogP contribution in [0.4, 0.5) is 0 Å². The molecule has 2 rings (SSSR count). The number of benzene rings is 1. The predicted molar refractivity (Wildman–Crippen MR) is 110 cm³/mol. The Kier molecular flexibility index (Phi) is 10.0. The Morgan fingerprint density at radius 2 is 1.82 bits per heavy atom. The zero-order chi connectivity index (χ0) is 20.4. The first-order chi connectivity index (χ1) is 13.5. The number of ketones is 1. The molecule has 28 heavy (non-hydrogen) atoms. The van der Waals surface area contributed by atoms with Crippen LogP contribution in [0.3, 0.4) is 0 Å². The van der Waals surface area contributed by atoms with Gasteiger partial charge in [0, 0.05) is 29.4 Å². The van der Waals surface area contributed by atoms with Crippen molar-refractivity contribution in [2.24, 2.45) is 11.8 Å². The summed E-state index contributed by atoms with van der Waals surface area (Å²) in [5, 5.41) is 29.2. The summed E-state index contributed by atoms with van der Waals surface area (Å²) in [5.74, 6) is -0.213.